The van der Waals surface area contributed by atoms with Gasteiger partial charge in [0.2, 0.25) is 0 Å². The molecule has 0 spiro atoms. The van der Waals surface area contributed by atoms with Crippen molar-refractivity contribution >= 4 is 22.0 Å². The van der Waals surface area contributed by atoms with Gasteiger partial charge in [-0.2, -0.15) is 10.5 Å². The molecule has 0 radical (unpaired) electrons. The van der Waals surface area contributed by atoms with E-state index in [2.05, 4.69) is 15.9 Å². The molecule has 0 fully saturated rings. The molecule has 0 bridgehead atoms. The van der Waals surface area contributed by atoms with Crippen molar-refractivity contribution in [3.63, 3.8) is 0 Å². The Balaban J connectivity index is 2.94. The molecule has 4 nitrogen and oxygen atoms in total. The zero-order chi connectivity index (χ0) is 14.1. The van der Waals surface area contributed by atoms with E-state index < -0.39 is 0 Å². The number of methoxy groups -OCH3 is 1. The molecule has 0 aliphatic rings. The highest BCUT2D eigenvalue weighted by molar-refractivity contribution is 9.09. The number of rotatable bonds is 6. The van der Waals surface area contributed by atoms with Gasteiger partial charge in [0.15, 0.2) is 11.5 Å². The quantitative estimate of drug-likeness (QED) is 0.458. The molecule has 5 heteroatoms. The number of halogens is 1. The second-order valence-electron chi connectivity index (χ2n) is 3.58. The number of nitriles is 2. The first-order valence-electron chi connectivity index (χ1n) is 5.64. The van der Waals surface area contributed by atoms with Gasteiger partial charge in [0.05, 0.1) is 13.7 Å². The van der Waals surface area contributed by atoms with Gasteiger partial charge < -0.3 is 9.47 Å². The summed E-state index contributed by atoms with van der Waals surface area (Å²) in [7, 11) is 1.55. The van der Waals surface area contributed by atoms with Crippen LogP contribution in [0, 0.1) is 22.7 Å². The molecule has 1 aromatic rings. The maximum atomic E-state index is 8.71. The highest BCUT2D eigenvalue weighted by Gasteiger charge is 2.05. The van der Waals surface area contributed by atoms with Gasteiger partial charge >= 0.3 is 0 Å². The smallest absolute Gasteiger partial charge is 0.161 e. The highest BCUT2D eigenvalue weighted by atomic mass is 79.9. The molecule has 0 saturated carbocycles. The van der Waals surface area contributed by atoms with Gasteiger partial charge in [-0.15, -0.1) is 0 Å². The van der Waals surface area contributed by atoms with Gasteiger partial charge in [-0.1, -0.05) is 22.0 Å². The molecular formula is C14H13BrN2O2. The molecule has 0 N–H and O–H groups in total. The zero-order valence-electron chi connectivity index (χ0n) is 10.5. The Morgan fingerprint density at radius 1 is 1.32 bits per heavy atom. The molecule has 1 rings (SSSR count). The summed E-state index contributed by atoms with van der Waals surface area (Å²) in [5.41, 5.74) is 0.776. The van der Waals surface area contributed by atoms with Crippen LogP contribution in [0.25, 0.3) is 6.08 Å². The van der Waals surface area contributed by atoms with E-state index in [1.165, 1.54) is 6.08 Å². The van der Waals surface area contributed by atoms with Crippen molar-refractivity contribution < 1.29 is 9.47 Å². The maximum absolute atomic E-state index is 8.71. The van der Waals surface area contributed by atoms with E-state index in [9.17, 15) is 0 Å². The monoisotopic (exact) mass is 320 g/mol. The van der Waals surface area contributed by atoms with E-state index in [4.69, 9.17) is 20.0 Å². The topological polar surface area (TPSA) is 66.0 Å². The molecule has 0 atom stereocenters. The molecule has 0 heterocycles. The Morgan fingerprint density at radius 3 is 2.63 bits per heavy atom. The van der Waals surface area contributed by atoms with Crippen molar-refractivity contribution in [2.24, 2.45) is 0 Å². The van der Waals surface area contributed by atoms with Gasteiger partial charge in [0, 0.05) is 5.33 Å². The third-order valence-electron chi connectivity index (χ3n) is 2.28. The van der Waals surface area contributed by atoms with Gasteiger partial charge in [-0.3, -0.25) is 0 Å². The summed E-state index contributed by atoms with van der Waals surface area (Å²) < 4.78 is 10.8. The first-order chi connectivity index (χ1) is 9.24. The largest absolute Gasteiger partial charge is 0.493 e. The molecule has 0 saturated heterocycles. The average Bonchev–Trinajstić information content (AvgIpc) is 2.46. The minimum absolute atomic E-state index is 0.0509. The summed E-state index contributed by atoms with van der Waals surface area (Å²) in [4.78, 5) is 0. The molecule has 98 valence electrons. The lowest BCUT2D eigenvalue weighted by molar-refractivity contribution is 0.295. The normalized spacial score (nSPS) is 9.05. The summed E-state index contributed by atoms with van der Waals surface area (Å²) >= 11 is 3.33. The number of hydrogen-bond donors (Lipinski definition) is 0. The van der Waals surface area contributed by atoms with Gasteiger partial charge in [0.25, 0.3) is 0 Å². The minimum Gasteiger partial charge on any atom is -0.493 e. The van der Waals surface area contributed by atoms with Crippen LogP contribution in [0.4, 0.5) is 0 Å². The Bertz CT molecular complexity index is 525. The zero-order valence-corrected chi connectivity index (χ0v) is 12.1. The van der Waals surface area contributed by atoms with Crippen LogP contribution in [0.2, 0.25) is 0 Å². The second-order valence-corrected chi connectivity index (χ2v) is 4.38. The van der Waals surface area contributed by atoms with Crippen molar-refractivity contribution in [3.05, 3.63) is 29.3 Å². The molecule has 0 aromatic heterocycles. The third kappa shape index (κ3) is 4.65. The van der Waals surface area contributed by atoms with Crippen molar-refractivity contribution in [1.82, 2.24) is 0 Å². The van der Waals surface area contributed by atoms with Crippen molar-refractivity contribution in [2.75, 3.05) is 19.0 Å². The Labute approximate surface area is 121 Å². The first kappa shape index (κ1) is 15.1. The summed E-state index contributed by atoms with van der Waals surface area (Å²) in [6.45, 7) is 0.596. The second kappa shape index (κ2) is 8.18. The van der Waals surface area contributed by atoms with E-state index in [0.717, 1.165) is 17.3 Å². The predicted octanol–water partition coefficient (Wildman–Crippen LogP) is 3.29. The number of hydrogen-bond acceptors (Lipinski definition) is 4. The maximum Gasteiger partial charge on any atom is 0.161 e. The summed E-state index contributed by atoms with van der Waals surface area (Å²) in [5.74, 6) is 1.23. The highest BCUT2D eigenvalue weighted by Crippen LogP contribution is 2.29. The average molecular weight is 321 g/mol. The molecule has 1 aromatic carbocycles. The molecule has 0 aliphatic carbocycles. The lowest BCUT2D eigenvalue weighted by atomic mass is 10.1. The predicted molar refractivity (Wildman–Crippen MR) is 76.1 cm³/mol. The first-order valence-corrected chi connectivity index (χ1v) is 6.76. The van der Waals surface area contributed by atoms with Crippen LogP contribution >= 0.6 is 15.9 Å². The lowest BCUT2D eigenvalue weighted by Crippen LogP contribution is -1.99. The molecule has 0 aliphatic heterocycles. The lowest BCUT2D eigenvalue weighted by Gasteiger charge is -2.10. The fourth-order valence-corrected chi connectivity index (χ4v) is 1.62. The standard InChI is InChI=1S/C14H13BrN2O2/c1-18-14-8-11(7-12(9-16)10-17)3-4-13(14)19-6-2-5-15/h3-4,7-8H,2,5-6H2,1H3. The van der Waals surface area contributed by atoms with Gasteiger partial charge in [-0.05, 0) is 30.2 Å². The third-order valence-corrected chi connectivity index (χ3v) is 2.84. The number of nitrogens with zero attached hydrogens (tertiary/aromatic N) is 2. The van der Waals surface area contributed by atoms with E-state index in [1.54, 1.807) is 25.3 Å². The molecule has 19 heavy (non-hydrogen) atoms. The van der Waals surface area contributed by atoms with E-state index in [1.807, 2.05) is 12.1 Å². The summed E-state index contributed by atoms with van der Waals surface area (Å²) in [6, 6.07) is 8.92. The number of ether oxygens (including phenoxy) is 2. The van der Waals surface area contributed by atoms with Crippen LogP contribution in [0.15, 0.2) is 23.8 Å². The van der Waals surface area contributed by atoms with Crippen LogP contribution in [-0.2, 0) is 0 Å². The minimum atomic E-state index is 0.0509. The van der Waals surface area contributed by atoms with Crippen LogP contribution < -0.4 is 9.47 Å². The number of allylic oxidation sites excluding steroid dienone is 1. The number of alkyl halides is 1. The Kier molecular flexibility index (Phi) is 6.49. The number of benzene rings is 1. The van der Waals surface area contributed by atoms with Crippen LogP contribution in [0.5, 0.6) is 11.5 Å². The van der Waals surface area contributed by atoms with Crippen LogP contribution in [-0.4, -0.2) is 19.0 Å². The summed E-state index contributed by atoms with van der Waals surface area (Å²) in [6.07, 6.45) is 2.41. The molecule has 0 unspecified atom stereocenters. The van der Waals surface area contributed by atoms with Crippen LogP contribution in [0.3, 0.4) is 0 Å². The summed E-state index contributed by atoms with van der Waals surface area (Å²) in [5, 5.41) is 18.3. The molecule has 0 amide bonds. The SMILES string of the molecule is COc1cc(C=C(C#N)C#N)ccc1OCCCBr. The Hall–Kier alpha value is -1.98. The Morgan fingerprint density at radius 2 is 2.05 bits per heavy atom. The van der Waals surface area contributed by atoms with E-state index in [-0.39, 0.29) is 5.57 Å². The van der Waals surface area contributed by atoms with Crippen molar-refractivity contribution in [1.29, 1.82) is 10.5 Å². The fraction of sp³-hybridized carbons (Fsp3) is 0.286. The fourth-order valence-electron chi connectivity index (χ4n) is 1.39. The van der Waals surface area contributed by atoms with E-state index in [0.29, 0.717) is 18.1 Å². The van der Waals surface area contributed by atoms with Gasteiger partial charge in [0.1, 0.15) is 17.7 Å². The van der Waals surface area contributed by atoms with Crippen molar-refractivity contribution in [3.8, 4) is 23.6 Å². The van der Waals surface area contributed by atoms with Gasteiger partial charge in [-0.25, -0.2) is 0 Å². The van der Waals surface area contributed by atoms with Crippen molar-refractivity contribution in [2.45, 2.75) is 6.42 Å². The van der Waals surface area contributed by atoms with Crippen LogP contribution in [0.1, 0.15) is 12.0 Å². The van der Waals surface area contributed by atoms with E-state index >= 15 is 0 Å². The molecular weight excluding hydrogens is 308 g/mol.